The van der Waals surface area contributed by atoms with E-state index in [0.29, 0.717) is 6.54 Å². The van der Waals surface area contributed by atoms with Crippen LogP contribution in [0.15, 0.2) is 36.5 Å². The summed E-state index contributed by atoms with van der Waals surface area (Å²) in [6, 6.07) is 10.5. The molecule has 2 rings (SSSR count). The summed E-state index contributed by atoms with van der Waals surface area (Å²) in [5.74, 6) is 0. The van der Waals surface area contributed by atoms with Gasteiger partial charge < -0.3 is 4.57 Å². The van der Waals surface area contributed by atoms with Crippen molar-refractivity contribution in [2.24, 2.45) is 0 Å². The predicted octanol–water partition coefficient (Wildman–Crippen LogP) is 2.49. The van der Waals surface area contributed by atoms with E-state index in [2.05, 4.69) is 41.1 Å². The fourth-order valence-corrected chi connectivity index (χ4v) is 1.73. The van der Waals surface area contributed by atoms with Crippen molar-refractivity contribution >= 4 is 10.9 Å². The van der Waals surface area contributed by atoms with Crippen LogP contribution in [0.2, 0.25) is 0 Å². The van der Waals surface area contributed by atoms with Gasteiger partial charge >= 0.3 is 0 Å². The van der Waals surface area contributed by atoms with E-state index in [1.54, 1.807) is 0 Å². The fourth-order valence-electron chi connectivity index (χ4n) is 1.73. The summed E-state index contributed by atoms with van der Waals surface area (Å²) in [6.07, 6.45) is 4.03. The number of rotatable bonds is 4. The highest BCUT2D eigenvalue weighted by Crippen LogP contribution is 2.15. The van der Waals surface area contributed by atoms with Gasteiger partial charge in [0.2, 0.25) is 0 Å². The van der Waals surface area contributed by atoms with E-state index in [4.69, 9.17) is 5.73 Å². The smallest absolute Gasteiger partial charge is 0.0480 e. The van der Waals surface area contributed by atoms with Gasteiger partial charge in [0.25, 0.3) is 0 Å². The lowest BCUT2D eigenvalue weighted by Gasteiger charge is -2.03. The van der Waals surface area contributed by atoms with Crippen LogP contribution in [0.4, 0.5) is 0 Å². The standard InChI is InChI=1S/C12H14N2/c13-8-3-4-9-14-10-7-11-5-1-2-6-12(11)14/h1-2,5-7,10H,3-4,8-9H2. The number of benzene rings is 1. The van der Waals surface area contributed by atoms with Gasteiger partial charge in [-0.1, -0.05) is 18.2 Å². The van der Waals surface area contributed by atoms with Crippen LogP contribution in [0.25, 0.3) is 10.9 Å². The van der Waals surface area contributed by atoms with Crippen molar-refractivity contribution < 1.29 is 0 Å². The average Bonchev–Trinajstić information content (AvgIpc) is 2.63. The molecule has 0 saturated carbocycles. The van der Waals surface area contributed by atoms with Crippen LogP contribution in [0.3, 0.4) is 0 Å². The summed E-state index contributed by atoms with van der Waals surface area (Å²) in [5.41, 5.74) is 9.98. The molecule has 0 spiro atoms. The summed E-state index contributed by atoms with van der Waals surface area (Å²) < 4.78 is 2.24. The lowest BCUT2D eigenvalue weighted by molar-refractivity contribution is 0.627. The minimum Gasteiger partial charge on any atom is -0.347 e. The molecular weight excluding hydrogens is 172 g/mol. The van der Waals surface area contributed by atoms with Crippen molar-refractivity contribution in [3.63, 3.8) is 0 Å². The van der Waals surface area contributed by atoms with E-state index >= 15 is 0 Å². The number of aromatic nitrogens is 1. The molecule has 72 valence electrons. The monoisotopic (exact) mass is 186 g/mol. The molecule has 0 aliphatic rings. The minimum atomic E-state index is 0.291. The molecule has 2 radical (unpaired) electrons. The third-order valence-electron chi connectivity index (χ3n) is 2.49. The highest BCUT2D eigenvalue weighted by Gasteiger charge is 1.98. The summed E-state index contributed by atoms with van der Waals surface area (Å²) in [6.45, 7) is 1.28. The molecule has 1 heterocycles. The van der Waals surface area contributed by atoms with E-state index in [-0.39, 0.29) is 0 Å². The molecule has 0 saturated heterocycles. The zero-order valence-electron chi connectivity index (χ0n) is 8.19. The van der Waals surface area contributed by atoms with Gasteiger partial charge in [0.1, 0.15) is 0 Å². The molecule has 14 heavy (non-hydrogen) atoms. The molecule has 0 fully saturated rings. The number of aryl methyl sites for hydroxylation is 1. The molecule has 1 aromatic heterocycles. The van der Waals surface area contributed by atoms with Crippen molar-refractivity contribution in [2.75, 3.05) is 6.54 Å². The van der Waals surface area contributed by atoms with Gasteiger partial charge in [-0.3, -0.25) is 0 Å². The van der Waals surface area contributed by atoms with E-state index in [1.165, 1.54) is 10.9 Å². The van der Waals surface area contributed by atoms with Crippen LogP contribution < -0.4 is 5.73 Å². The largest absolute Gasteiger partial charge is 0.347 e. The first-order chi connectivity index (χ1) is 6.92. The third-order valence-corrected chi connectivity index (χ3v) is 2.49. The summed E-state index contributed by atoms with van der Waals surface area (Å²) >= 11 is 0. The minimum absolute atomic E-state index is 0.291. The van der Waals surface area contributed by atoms with Crippen LogP contribution in [-0.2, 0) is 6.54 Å². The molecule has 0 unspecified atom stereocenters. The molecule has 0 aliphatic heterocycles. The lowest BCUT2D eigenvalue weighted by atomic mass is 10.2. The lowest BCUT2D eigenvalue weighted by Crippen LogP contribution is -1.97. The van der Waals surface area contributed by atoms with Crippen molar-refractivity contribution in [1.82, 2.24) is 10.3 Å². The number of para-hydroxylation sites is 1. The maximum atomic E-state index is 8.70. The molecule has 2 heteroatoms. The van der Waals surface area contributed by atoms with Gasteiger partial charge in [-0.15, -0.1) is 5.73 Å². The van der Waals surface area contributed by atoms with Crippen LogP contribution in [0, 0.1) is 0 Å². The van der Waals surface area contributed by atoms with E-state index in [9.17, 15) is 0 Å². The first-order valence-corrected chi connectivity index (χ1v) is 5.06. The Kier molecular flexibility index (Phi) is 2.84. The van der Waals surface area contributed by atoms with Crippen LogP contribution in [-0.4, -0.2) is 11.1 Å². The Labute approximate surface area is 84.3 Å². The van der Waals surface area contributed by atoms with Crippen molar-refractivity contribution in [2.45, 2.75) is 19.4 Å². The topological polar surface area (TPSA) is 27.2 Å². The van der Waals surface area contributed by atoms with Crippen molar-refractivity contribution in [3.8, 4) is 0 Å². The normalized spacial score (nSPS) is 10.9. The number of nitrogens with zero attached hydrogens (tertiary/aromatic N) is 2. The van der Waals surface area contributed by atoms with Crippen LogP contribution in [0.5, 0.6) is 0 Å². The van der Waals surface area contributed by atoms with Crippen molar-refractivity contribution in [1.29, 1.82) is 0 Å². The molecule has 1 aromatic carbocycles. The molecule has 0 N–H and O–H groups in total. The summed E-state index contributed by atoms with van der Waals surface area (Å²) in [5, 5.41) is 1.29. The van der Waals surface area contributed by atoms with Crippen LogP contribution in [0.1, 0.15) is 12.8 Å². The molecule has 0 atom stereocenters. The third kappa shape index (κ3) is 1.80. The zero-order chi connectivity index (χ0) is 9.80. The van der Waals surface area contributed by atoms with E-state index < -0.39 is 0 Å². The average molecular weight is 186 g/mol. The van der Waals surface area contributed by atoms with Gasteiger partial charge in [-0.2, -0.15) is 0 Å². The Morgan fingerprint density at radius 2 is 1.93 bits per heavy atom. The van der Waals surface area contributed by atoms with Gasteiger partial charge in [0.05, 0.1) is 0 Å². The molecule has 2 nitrogen and oxygen atoms in total. The second kappa shape index (κ2) is 4.29. The first kappa shape index (κ1) is 9.28. The van der Waals surface area contributed by atoms with E-state index in [1.807, 2.05) is 0 Å². The molecule has 2 aromatic rings. The summed E-state index contributed by atoms with van der Waals surface area (Å²) in [7, 11) is 0. The molecule has 0 aliphatic carbocycles. The maximum absolute atomic E-state index is 8.70. The Morgan fingerprint density at radius 3 is 2.79 bits per heavy atom. The quantitative estimate of drug-likeness (QED) is 0.656. The van der Waals surface area contributed by atoms with Crippen LogP contribution >= 0.6 is 0 Å². The van der Waals surface area contributed by atoms with Gasteiger partial charge in [0.15, 0.2) is 0 Å². The van der Waals surface area contributed by atoms with Gasteiger partial charge in [-0.05, 0) is 30.4 Å². The predicted molar refractivity (Wildman–Crippen MR) is 58.2 cm³/mol. The number of hydrogen-bond donors (Lipinski definition) is 0. The number of fused-ring (bicyclic) bond motifs is 1. The fraction of sp³-hybridized carbons (Fsp3) is 0.333. The zero-order valence-corrected chi connectivity index (χ0v) is 8.19. The highest BCUT2D eigenvalue weighted by atomic mass is 14.9. The summed E-state index contributed by atoms with van der Waals surface area (Å²) in [4.78, 5) is 0. The van der Waals surface area contributed by atoms with Gasteiger partial charge in [-0.25, -0.2) is 0 Å². The molecule has 0 bridgehead atoms. The second-order valence-corrected chi connectivity index (χ2v) is 3.50. The Hall–Kier alpha value is -1.28. The van der Waals surface area contributed by atoms with Gasteiger partial charge in [0, 0.05) is 24.8 Å². The SMILES string of the molecule is [N]CCCCn1ccc2ccccc21. The number of unbranched alkanes of at least 4 members (excludes halogenated alkanes) is 1. The highest BCUT2D eigenvalue weighted by molar-refractivity contribution is 5.79. The number of hydrogen-bond acceptors (Lipinski definition) is 0. The Bertz CT molecular complexity index is 403. The first-order valence-electron chi connectivity index (χ1n) is 5.06. The maximum Gasteiger partial charge on any atom is 0.0480 e. The van der Waals surface area contributed by atoms with Crippen molar-refractivity contribution in [3.05, 3.63) is 36.5 Å². The molecular formula is C12H14N2. The molecule has 0 amide bonds. The van der Waals surface area contributed by atoms with E-state index in [0.717, 1.165) is 19.4 Å². The Balaban J connectivity index is 2.17. The second-order valence-electron chi connectivity index (χ2n) is 3.50. The Morgan fingerprint density at radius 1 is 1.07 bits per heavy atom.